The van der Waals surface area contributed by atoms with Crippen molar-refractivity contribution < 1.29 is 17.5 Å². The molecule has 6 heteroatoms. The van der Waals surface area contributed by atoms with Crippen LogP contribution in [0.15, 0.2) is 18.2 Å². The van der Waals surface area contributed by atoms with Crippen LogP contribution in [0.25, 0.3) is 0 Å². The Labute approximate surface area is 120 Å². The maximum Gasteiger partial charge on any atom is 0.155 e. The Morgan fingerprint density at radius 3 is 2.45 bits per heavy atom. The van der Waals surface area contributed by atoms with Crippen LogP contribution in [0.5, 0.6) is 5.75 Å². The van der Waals surface area contributed by atoms with Crippen LogP contribution in [0.1, 0.15) is 32.4 Å². The molecule has 0 heterocycles. The van der Waals surface area contributed by atoms with Crippen LogP contribution < -0.4 is 10.1 Å². The second-order valence-corrected chi connectivity index (χ2v) is 7.63. The summed E-state index contributed by atoms with van der Waals surface area (Å²) >= 11 is 0. The molecule has 0 saturated heterocycles. The predicted octanol–water partition coefficient (Wildman–Crippen LogP) is 2.31. The van der Waals surface area contributed by atoms with Crippen molar-refractivity contribution in [1.29, 1.82) is 0 Å². The van der Waals surface area contributed by atoms with Crippen LogP contribution in [-0.2, 0) is 9.84 Å². The van der Waals surface area contributed by atoms with Crippen molar-refractivity contribution in [2.24, 2.45) is 0 Å². The van der Waals surface area contributed by atoms with E-state index < -0.39 is 15.1 Å². The molecule has 0 aromatic heterocycles. The third kappa shape index (κ3) is 4.45. The van der Waals surface area contributed by atoms with E-state index in [0.29, 0.717) is 11.3 Å². The van der Waals surface area contributed by atoms with Gasteiger partial charge in [0.25, 0.3) is 0 Å². The number of hydrogen-bond donors (Lipinski definition) is 1. The summed E-state index contributed by atoms with van der Waals surface area (Å²) in [5.41, 5.74) is 0.551. The van der Waals surface area contributed by atoms with Gasteiger partial charge in [-0.1, -0.05) is 6.07 Å². The largest absolute Gasteiger partial charge is 0.492 e. The minimum atomic E-state index is -3.13. The molecule has 0 saturated carbocycles. The zero-order chi connectivity index (χ0) is 15.3. The van der Waals surface area contributed by atoms with Gasteiger partial charge in [0.2, 0.25) is 0 Å². The molecule has 1 aromatic rings. The van der Waals surface area contributed by atoms with Crippen LogP contribution in [0.2, 0.25) is 0 Å². The molecule has 20 heavy (non-hydrogen) atoms. The van der Waals surface area contributed by atoms with E-state index in [1.807, 2.05) is 6.92 Å². The smallest absolute Gasteiger partial charge is 0.155 e. The Morgan fingerprint density at radius 2 is 1.95 bits per heavy atom. The first-order valence-electron chi connectivity index (χ1n) is 6.59. The summed E-state index contributed by atoms with van der Waals surface area (Å²) in [5.74, 6) is -0.0920. The van der Waals surface area contributed by atoms with E-state index in [2.05, 4.69) is 5.32 Å². The first-order chi connectivity index (χ1) is 9.27. The zero-order valence-electron chi connectivity index (χ0n) is 12.3. The summed E-state index contributed by atoms with van der Waals surface area (Å²) in [6.07, 6.45) is 0. The van der Waals surface area contributed by atoms with Gasteiger partial charge < -0.3 is 10.1 Å². The Hall–Kier alpha value is -1.14. The molecule has 0 spiro atoms. The van der Waals surface area contributed by atoms with Crippen LogP contribution in [-0.4, -0.2) is 33.1 Å². The van der Waals surface area contributed by atoms with Crippen LogP contribution in [0.3, 0.4) is 0 Å². The third-order valence-corrected chi connectivity index (χ3v) is 5.40. The van der Waals surface area contributed by atoms with Crippen LogP contribution >= 0.6 is 0 Å². The van der Waals surface area contributed by atoms with Crippen molar-refractivity contribution in [3.8, 4) is 5.75 Å². The molecule has 0 bridgehead atoms. The third-order valence-electron chi connectivity index (χ3n) is 3.23. The van der Waals surface area contributed by atoms with Crippen molar-refractivity contribution in [3.63, 3.8) is 0 Å². The van der Waals surface area contributed by atoms with E-state index in [9.17, 15) is 12.8 Å². The van der Waals surface area contributed by atoms with E-state index in [0.717, 1.165) is 0 Å². The van der Waals surface area contributed by atoms with Gasteiger partial charge in [0.15, 0.2) is 9.84 Å². The number of halogens is 1. The van der Waals surface area contributed by atoms with E-state index in [-0.39, 0.29) is 24.2 Å². The zero-order valence-corrected chi connectivity index (χ0v) is 13.1. The standard InChI is InChI=1S/C14H22FNO3S/c1-10(2)20(17,18)8-7-19-12-5-6-13(11(3)16-4)14(15)9-12/h5-6,9-11,16H,7-8H2,1-4H3. The SMILES string of the molecule is CNC(C)c1ccc(OCCS(=O)(=O)C(C)C)cc1F. The monoisotopic (exact) mass is 303 g/mol. The van der Waals surface area contributed by atoms with Gasteiger partial charge in [0.1, 0.15) is 18.2 Å². The lowest BCUT2D eigenvalue weighted by molar-refractivity contribution is 0.338. The molecule has 0 aliphatic rings. The van der Waals surface area contributed by atoms with E-state index >= 15 is 0 Å². The van der Waals surface area contributed by atoms with Gasteiger partial charge in [-0.15, -0.1) is 0 Å². The second-order valence-electron chi connectivity index (χ2n) is 4.96. The predicted molar refractivity (Wildman–Crippen MR) is 78.3 cm³/mol. The molecule has 0 aliphatic heterocycles. The van der Waals surface area contributed by atoms with Crippen LogP contribution in [0, 0.1) is 5.82 Å². The normalized spacial score (nSPS) is 13.5. The van der Waals surface area contributed by atoms with Crippen molar-refractivity contribution in [2.75, 3.05) is 19.4 Å². The summed E-state index contributed by atoms with van der Waals surface area (Å²) < 4.78 is 42.4. The lowest BCUT2D eigenvalue weighted by atomic mass is 10.1. The number of nitrogens with one attached hydrogen (secondary N) is 1. The quantitative estimate of drug-likeness (QED) is 0.840. The second kappa shape index (κ2) is 7.04. The highest BCUT2D eigenvalue weighted by atomic mass is 32.2. The topological polar surface area (TPSA) is 55.4 Å². The lowest BCUT2D eigenvalue weighted by Gasteiger charge is -2.13. The number of sulfone groups is 1. The Balaban J connectivity index is 2.65. The van der Waals surface area contributed by atoms with E-state index in [4.69, 9.17) is 4.74 Å². The highest BCUT2D eigenvalue weighted by Crippen LogP contribution is 2.21. The molecule has 1 aromatic carbocycles. The lowest BCUT2D eigenvalue weighted by Crippen LogP contribution is -2.22. The summed E-state index contributed by atoms with van der Waals surface area (Å²) in [6.45, 7) is 5.14. The number of benzene rings is 1. The van der Waals surface area contributed by atoms with Gasteiger partial charge >= 0.3 is 0 Å². The average Bonchev–Trinajstić information content (AvgIpc) is 2.37. The van der Waals surface area contributed by atoms with Crippen molar-refractivity contribution in [3.05, 3.63) is 29.6 Å². The maximum absolute atomic E-state index is 13.8. The Morgan fingerprint density at radius 1 is 1.30 bits per heavy atom. The van der Waals surface area contributed by atoms with Gasteiger partial charge in [0.05, 0.1) is 11.0 Å². The molecule has 1 atom stereocenters. The fourth-order valence-electron chi connectivity index (χ4n) is 1.62. The van der Waals surface area contributed by atoms with Gasteiger partial charge in [-0.3, -0.25) is 0 Å². The van der Waals surface area contributed by atoms with Crippen molar-refractivity contribution >= 4 is 9.84 Å². The van der Waals surface area contributed by atoms with E-state index in [1.54, 1.807) is 33.0 Å². The van der Waals surface area contributed by atoms with Crippen molar-refractivity contribution in [2.45, 2.75) is 32.1 Å². The van der Waals surface area contributed by atoms with Gasteiger partial charge in [0, 0.05) is 17.7 Å². The summed E-state index contributed by atoms with van der Waals surface area (Å²) in [6, 6.07) is 4.48. The fraction of sp³-hybridized carbons (Fsp3) is 0.571. The molecule has 0 fully saturated rings. The minimum absolute atomic E-state index is 0.0287. The summed E-state index contributed by atoms with van der Waals surface area (Å²) in [4.78, 5) is 0. The van der Waals surface area contributed by atoms with Gasteiger partial charge in [-0.05, 0) is 33.9 Å². The van der Waals surface area contributed by atoms with Gasteiger partial charge in [-0.2, -0.15) is 0 Å². The number of ether oxygens (including phenoxy) is 1. The van der Waals surface area contributed by atoms with E-state index in [1.165, 1.54) is 6.07 Å². The molecule has 1 unspecified atom stereocenters. The first-order valence-corrected chi connectivity index (χ1v) is 8.30. The summed E-state index contributed by atoms with van der Waals surface area (Å²) in [5, 5.41) is 2.53. The maximum atomic E-state index is 13.8. The fourth-order valence-corrected chi connectivity index (χ4v) is 2.40. The van der Waals surface area contributed by atoms with Gasteiger partial charge in [-0.25, -0.2) is 12.8 Å². The Kier molecular flexibility index (Phi) is 5.95. The number of hydrogen-bond acceptors (Lipinski definition) is 4. The molecule has 114 valence electrons. The van der Waals surface area contributed by atoms with Crippen molar-refractivity contribution in [1.82, 2.24) is 5.32 Å². The highest BCUT2D eigenvalue weighted by Gasteiger charge is 2.16. The molecule has 0 amide bonds. The average molecular weight is 303 g/mol. The van der Waals surface area contributed by atoms with Crippen LogP contribution in [0.4, 0.5) is 4.39 Å². The molecule has 0 radical (unpaired) electrons. The summed E-state index contributed by atoms with van der Waals surface area (Å²) in [7, 11) is -1.38. The highest BCUT2D eigenvalue weighted by molar-refractivity contribution is 7.91. The molecule has 1 N–H and O–H groups in total. The molecular weight excluding hydrogens is 281 g/mol. The number of rotatable bonds is 7. The molecule has 0 aliphatic carbocycles. The minimum Gasteiger partial charge on any atom is -0.492 e. The first kappa shape index (κ1) is 16.9. The molecular formula is C14H22FNO3S. The molecule has 4 nitrogen and oxygen atoms in total. The molecule has 1 rings (SSSR count). The Bertz CT molecular complexity index is 543.